The first-order valence-corrected chi connectivity index (χ1v) is 3.13. The summed E-state index contributed by atoms with van der Waals surface area (Å²) in [6, 6.07) is 1.59. The Morgan fingerprint density at radius 2 is 2.33 bits per heavy atom. The maximum absolute atomic E-state index is 10.4. The zero-order valence-electron chi connectivity index (χ0n) is 5.85. The predicted octanol–water partition coefficient (Wildman–Crippen LogP) is 1.52. The van der Waals surface area contributed by atoms with Crippen LogP contribution in [0.15, 0.2) is 0 Å². The highest BCUT2D eigenvalue weighted by Gasteiger charge is 2.04. The van der Waals surface area contributed by atoms with E-state index >= 15 is 0 Å². The quantitative estimate of drug-likeness (QED) is 0.536. The fourth-order valence-corrected chi connectivity index (χ4v) is 0.506. The summed E-state index contributed by atoms with van der Waals surface area (Å²) in [4.78, 5) is 10.4. The summed E-state index contributed by atoms with van der Waals surface area (Å²) in [5.74, 6) is 0.0569. The number of nitrogens with zero attached hydrogens (tertiary/aromatic N) is 1. The molecule has 0 spiro atoms. The van der Waals surface area contributed by atoms with E-state index in [9.17, 15) is 4.79 Å². The van der Waals surface area contributed by atoms with Gasteiger partial charge < -0.3 is 0 Å². The number of ketones is 1. The molecule has 0 N–H and O–H groups in total. The molecule has 0 heterocycles. The molecule has 0 aromatic rings. The van der Waals surface area contributed by atoms with Crippen LogP contribution in [0.1, 0.15) is 26.7 Å². The van der Waals surface area contributed by atoms with Crippen molar-refractivity contribution in [2.75, 3.05) is 0 Å². The van der Waals surface area contributed by atoms with Gasteiger partial charge in [0.05, 0.1) is 0 Å². The average molecular weight is 125 g/mol. The van der Waals surface area contributed by atoms with Crippen molar-refractivity contribution in [2.24, 2.45) is 5.92 Å². The third-order valence-electron chi connectivity index (χ3n) is 1.36. The Kier molecular flexibility index (Phi) is 3.70. The third kappa shape index (κ3) is 3.72. The number of hydrogen-bond donors (Lipinski definition) is 0. The molecular weight excluding hydrogens is 114 g/mol. The lowest BCUT2D eigenvalue weighted by atomic mass is 10.0. The minimum atomic E-state index is -0.302. The first-order valence-electron chi connectivity index (χ1n) is 3.13. The first-order chi connectivity index (χ1) is 4.20. The summed E-state index contributed by atoms with van der Waals surface area (Å²) in [5.41, 5.74) is 0. The van der Waals surface area contributed by atoms with Gasteiger partial charge in [-0.3, -0.25) is 4.79 Å². The van der Waals surface area contributed by atoms with Crippen molar-refractivity contribution in [1.82, 2.24) is 0 Å². The van der Waals surface area contributed by atoms with Gasteiger partial charge in [-0.2, -0.15) is 5.26 Å². The Hall–Kier alpha value is -0.840. The number of rotatable bonds is 3. The molecular formula is C7H11NO. The predicted molar refractivity (Wildman–Crippen MR) is 34.7 cm³/mol. The molecule has 0 aliphatic carbocycles. The molecule has 0 fully saturated rings. The van der Waals surface area contributed by atoms with Crippen LogP contribution in [-0.2, 0) is 4.79 Å². The van der Waals surface area contributed by atoms with E-state index in [4.69, 9.17) is 5.26 Å². The molecule has 0 aromatic carbocycles. The van der Waals surface area contributed by atoms with Crippen LogP contribution in [0.4, 0.5) is 0 Å². The molecule has 2 heteroatoms. The molecule has 0 aliphatic heterocycles. The molecule has 9 heavy (non-hydrogen) atoms. The van der Waals surface area contributed by atoms with E-state index in [1.807, 2.05) is 13.8 Å². The van der Waals surface area contributed by atoms with E-state index in [1.54, 1.807) is 6.07 Å². The third-order valence-corrected chi connectivity index (χ3v) is 1.36. The van der Waals surface area contributed by atoms with Gasteiger partial charge in [0, 0.05) is 6.42 Å². The first kappa shape index (κ1) is 8.16. The van der Waals surface area contributed by atoms with E-state index in [0.717, 1.165) is 6.42 Å². The van der Waals surface area contributed by atoms with Crippen molar-refractivity contribution in [3.63, 3.8) is 0 Å². The molecule has 0 aliphatic rings. The van der Waals surface area contributed by atoms with Crippen LogP contribution in [0.25, 0.3) is 0 Å². The zero-order chi connectivity index (χ0) is 7.28. The highest BCUT2D eigenvalue weighted by Crippen LogP contribution is 2.05. The second-order valence-electron chi connectivity index (χ2n) is 2.25. The van der Waals surface area contributed by atoms with Gasteiger partial charge in [0.25, 0.3) is 0 Å². The highest BCUT2D eigenvalue weighted by atomic mass is 16.1. The number of carbonyl (C=O) groups excluding carboxylic acids is 1. The molecule has 0 aromatic heterocycles. The van der Waals surface area contributed by atoms with Crippen molar-refractivity contribution in [1.29, 1.82) is 5.26 Å². The minimum Gasteiger partial charge on any atom is -0.283 e. The van der Waals surface area contributed by atoms with Crippen LogP contribution < -0.4 is 0 Å². The topological polar surface area (TPSA) is 40.9 Å². The Balaban J connectivity index is 3.50. The summed E-state index contributed by atoms with van der Waals surface area (Å²) < 4.78 is 0. The van der Waals surface area contributed by atoms with Crippen LogP contribution in [0.2, 0.25) is 0 Å². The number of nitriles is 1. The standard InChI is InChI=1S/C7H11NO/c1-3-6(2)4-7(9)5-8/h6H,3-4H2,1-2H3. The molecule has 50 valence electrons. The maximum atomic E-state index is 10.4. The fourth-order valence-electron chi connectivity index (χ4n) is 0.506. The van der Waals surface area contributed by atoms with Crippen molar-refractivity contribution in [3.05, 3.63) is 0 Å². The molecule has 0 saturated heterocycles. The second-order valence-corrected chi connectivity index (χ2v) is 2.25. The van der Waals surface area contributed by atoms with Crippen molar-refractivity contribution >= 4 is 5.78 Å². The van der Waals surface area contributed by atoms with Crippen molar-refractivity contribution < 1.29 is 4.79 Å². The molecule has 0 amide bonds. The van der Waals surface area contributed by atoms with Gasteiger partial charge in [-0.15, -0.1) is 0 Å². The molecule has 2 nitrogen and oxygen atoms in total. The lowest BCUT2D eigenvalue weighted by molar-refractivity contribution is -0.114. The number of carbonyl (C=O) groups is 1. The molecule has 0 bridgehead atoms. The normalized spacial score (nSPS) is 12.1. The van der Waals surface area contributed by atoms with Gasteiger partial charge >= 0.3 is 0 Å². The van der Waals surface area contributed by atoms with E-state index in [-0.39, 0.29) is 5.78 Å². The minimum absolute atomic E-state index is 0.302. The summed E-state index contributed by atoms with van der Waals surface area (Å²) >= 11 is 0. The lowest BCUT2D eigenvalue weighted by Crippen LogP contribution is -2.00. The maximum Gasteiger partial charge on any atom is 0.232 e. The largest absolute Gasteiger partial charge is 0.283 e. The van der Waals surface area contributed by atoms with Crippen LogP contribution in [-0.4, -0.2) is 5.78 Å². The molecule has 0 saturated carbocycles. The Morgan fingerprint density at radius 1 is 1.78 bits per heavy atom. The van der Waals surface area contributed by atoms with Gasteiger partial charge in [-0.1, -0.05) is 20.3 Å². The van der Waals surface area contributed by atoms with Crippen molar-refractivity contribution in [3.8, 4) is 6.07 Å². The lowest BCUT2D eigenvalue weighted by Gasteiger charge is -2.00. The summed E-state index contributed by atoms with van der Waals surface area (Å²) in [5, 5.41) is 8.08. The van der Waals surface area contributed by atoms with Crippen molar-refractivity contribution in [2.45, 2.75) is 26.7 Å². The second kappa shape index (κ2) is 4.08. The Morgan fingerprint density at radius 3 is 2.67 bits per heavy atom. The summed E-state index contributed by atoms with van der Waals surface area (Å²) in [6.45, 7) is 3.98. The van der Waals surface area contributed by atoms with E-state index in [0.29, 0.717) is 12.3 Å². The van der Waals surface area contributed by atoms with Crippen LogP contribution in [0.5, 0.6) is 0 Å². The SMILES string of the molecule is CCC(C)CC(=O)C#N. The van der Waals surface area contributed by atoms with E-state index in [1.165, 1.54) is 0 Å². The average Bonchev–Trinajstić information content (AvgIpc) is 1.87. The molecule has 0 radical (unpaired) electrons. The Labute approximate surface area is 55.5 Å². The Bertz CT molecular complexity index is 134. The van der Waals surface area contributed by atoms with E-state index in [2.05, 4.69) is 0 Å². The van der Waals surface area contributed by atoms with Crippen LogP contribution in [0, 0.1) is 17.2 Å². The van der Waals surface area contributed by atoms with Gasteiger partial charge in [-0.05, 0) is 5.92 Å². The molecule has 1 unspecified atom stereocenters. The van der Waals surface area contributed by atoms with Crippen LogP contribution >= 0.6 is 0 Å². The number of Topliss-reactive ketones (excluding diaryl/α,β-unsaturated/α-hetero) is 1. The molecule has 0 rings (SSSR count). The fraction of sp³-hybridized carbons (Fsp3) is 0.714. The van der Waals surface area contributed by atoms with Gasteiger partial charge in [0.1, 0.15) is 6.07 Å². The van der Waals surface area contributed by atoms with Crippen LogP contribution in [0.3, 0.4) is 0 Å². The van der Waals surface area contributed by atoms with Gasteiger partial charge in [0.15, 0.2) is 0 Å². The van der Waals surface area contributed by atoms with Gasteiger partial charge in [-0.25, -0.2) is 0 Å². The zero-order valence-corrected chi connectivity index (χ0v) is 5.85. The smallest absolute Gasteiger partial charge is 0.232 e. The summed E-state index contributed by atoms with van der Waals surface area (Å²) in [7, 11) is 0. The number of hydrogen-bond acceptors (Lipinski definition) is 2. The van der Waals surface area contributed by atoms with Gasteiger partial charge in [0.2, 0.25) is 5.78 Å². The monoisotopic (exact) mass is 125 g/mol. The highest BCUT2D eigenvalue weighted by molar-refractivity contribution is 5.93. The molecule has 1 atom stereocenters. The van der Waals surface area contributed by atoms with E-state index < -0.39 is 0 Å². The summed E-state index contributed by atoms with van der Waals surface area (Å²) in [6.07, 6.45) is 1.38.